The van der Waals surface area contributed by atoms with Crippen LogP contribution in [0.5, 0.6) is 0 Å². The van der Waals surface area contributed by atoms with Crippen molar-refractivity contribution < 1.29 is 42.7 Å². The van der Waals surface area contributed by atoms with Gasteiger partial charge in [-0.05, 0) is 30.0 Å². The standard InChI is InChI=1S/C32H40F2N6O7/c1-18(2)28-32(47)36-19(3)29(44)38-25(17-41)31(46)37-24(13-20-7-5-4-6-8-20)30(45)35-11-12-40(16-26(42)39-28)27(43)14-21-9-10-22(33)15-23(21)34/h4-10,15,18-19,24-25,28,41H,11-14,16-17H2,1-3H3,(H,35,45)(H,36,47)(H,37,46)(H,38,44)(H,39,42)/t19-,24+,25-,28+/m0/s1. The Bertz CT molecular complexity index is 1460. The fourth-order valence-electron chi connectivity index (χ4n) is 4.79. The molecule has 0 saturated carbocycles. The topological polar surface area (TPSA) is 186 Å². The molecule has 0 unspecified atom stereocenters. The molecule has 1 aliphatic rings. The molecule has 1 fully saturated rings. The molecule has 47 heavy (non-hydrogen) atoms. The van der Waals surface area contributed by atoms with E-state index in [2.05, 4.69) is 26.6 Å². The first-order valence-corrected chi connectivity index (χ1v) is 15.1. The Morgan fingerprint density at radius 3 is 2.21 bits per heavy atom. The number of nitrogens with one attached hydrogen (secondary N) is 5. The lowest BCUT2D eigenvalue weighted by atomic mass is 10.0. The van der Waals surface area contributed by atoms with E-state index in [0.717, 1.165) is 17.0 Å². The minimum atomic E-state index is -1.47. The van der Waals surface area contributed by atoms with Gasteiger partial charge in [-0.3, -0.25) is 28.8 Å². The fourth-order valence-corrected chi connectivity index (χ4v) is 4.79. The molecule has 6 amide bonds. The third kappa shape index (κ3) is 10.8. The smallest absolute Gasteiger partial charge is 0.245 e. The second-order valence-electron chi connectivity index (χ2n) is 11.5. The molecular weight excluding hydrogens is 618 g/mol. The van der Waals surface area contributed by atoms with Crippen molar-refractivity contribution in [2.45, 2.75) is 57.8 Å². The van der Waals surface area contributed by atoms with E-state index in [0.29, 0.717) is 11.6 Å². The molecule has 1 saturated heterocycles. The van der Waals surface area contributed by atoms with Crippen LogP contribution in [-0.2, 0) is 41.6 Å². The Morgan fingerprint density at radius 1 is 0.894 bits per heavy atom. The molecule has 0 aromatic heterocycles. The number of nitrogens with zero attached hydrogens (tertiary/aromatic N) is 1. The number of benzene rings is 2. The van der Waals surface area contributed by atoms with E-state index in [1.165, 1.54) is 6.92 Å². The minimum Gasteiger partial charge on any atom is -0.394 e. The molecule has 6 N–H and O–H groups in total. The van der Waals surface area contributed by atoms with Crippen LogP contribution in [0.2, 0.25) is 0 Å². The van der Waals surface area contributed by atoms with Gasteiger partial charge < -0.3 is 36.6 Å². The highest BCUT2D eigenvalue weighted by Gasteiger charge is 2.31. The summed E-state index contributed by atoms with van der Waals surface area (Å²) in [6.45, 7) is 2.83. The van der Waals surface area contributed by atoms with Crippen LogP contribution in [0.15, 0.2) is 48.5 Å². The first kappa shape index (κ1) is 36.5. The largest absolute Gasteiger partial charge is 0.394 e. The molecule has 0 spiro atoms. The van der Waals surface area contributed by atoms with Crippen LogP contribution in [0, 0.1) is 17.6 Å². The van der Waals surface area contributed by atoms with Gasteiger partial charge in [-0.1, -0.05) is 50.2 Å². The van der Waals surface area contributed by atoms with Crippen molar-refractivity contribution in [3.05, 3.63) is 71.3 Å². The van der Waals surface area contributed by atoms with Gasteiger partial charge in [-0.25, -0.2) is 8.78 Å². The SMILES string of the molecule is CC(C)[C@H]1NC(=O)CN(C(=O)Cc2ccc(F)cc2F)CCNC(=O)[C@@H](Cc2ccccc2)NC(=O)[C@H](CO)NC(=O)[C@H](C)NC1=O. The Kier molecular flexibility index (Phi) is 13.3. The predicted octanol–water partition coefficient (Wildman–Crippen LogP) is -0.684. The Labute approximate surface area is 270 Å². The molecule has 254 valence electrons. The van der Waals surface area contributed by atoms with Crippen molar-refractivity contribution in [1.29, 1.82) is 0 Å². The van der Waals surface area contributed by atoms with Crippen molar-refractivity contribution >= 4 is 35.4 Å². The lowest BCUT2D eigenvalue weighted by molar-refractivity contribution is -0.138. The molecule has 0 aliphatic carbocycles. The van der Waals surface area contributed by atoms with Gasteiger partial charge in [0, 0.05) is 25.6 Å². The van der Waals surface area contributed by atoms with Gasteiger partial charge in [0.2, 0.25) is 35.4 Å². The second kappa shape index (κ2) is 17.1. The van der Waals surface area contributed by atoms with E-state index in [4.69, 9.17) is 0 Å². The summed E-state index contributed by atoms with van der Waals surface area (Å²) in [5, 5.41) is 22.4. The highest BCUT2D eigenvalue weighted by molar-refractivity contribution is 5.96. The number of halogens is 2. The maximum Gasteiger partial charge on any atom is 0.245 e. The molecular formula is C32H40F2N6O7. The quantitative estimate of drug-likeness (QED) is 0.237. The van der Waals surface area contributed by atoms with Crippen LogP contribution in [-0.4, -0.2) is 95.9 Å². The van der Waals surface area contributed by atoms with Gasteiger partial charge in [0.05, 0.1) is 19.6 Å². The van der Waals surface area contributed by atoms with Crippen molar-refractivity contribution in [2.75, 3.05) is 26.2 Å². The molecule has 4 atom stereocenters. The molecule has 0 bridgehead atoms. The monoisotopic (exact) mass is 658 g/mol. The van der Waals surface area contributed by atoms with Gasteiger partial charge >= 0.3 is 0 Å². The van der Waals surface area contributed by atoms with Crippen LogP contribution in [0.1, 0.15) is 31.9 Å². The third-order valence-electron chi connectivity index (χ3n) is 7.47. The van der Waals surface area contributed by atoms with Crippen molar-refractivity contribution in [2.24, 2.45) is 5.92 Å². The first-order chi connectivity index (χ1) is 22.3. The molecule has 15 heteroatoms. The van der Waals surface area contributed by atoms with Crippen molar-refractivity contribution in [3.63, 3.8) is 0 Å². The number of rotatable bonds is 6. The zero-order chi connectivity index (χ0) is 34.7. The number of hydrogen-bond donors (Lipinski definition) is 6. The number of aliphatic hydroxyl groups excluding tert-OH is 1. The highest BCUT2D eigenvalue weighted by atomic mass is 19.1. The van der Waals surface area contributed by atoms with E-state index >= 15 is 0 Å². The summed E-state index contributed by atoms with van der Waals surface area (Å²) < 4.78 is 27.8. The summed E-state index contributed by atoms with van der Waals surface area (Å²) in [6, 6.07) is 6.47. The second-order valence-corrected chi connectivity index (χ2v) is 11.5. The average molecular weight is 659 g/mol. The van der Waals surface area contributed by atoms with Gasteiger partial charge in [0.15, 0.2) is 0 Å². The van der Waals surface area contributed by atoms with E-state index in [1.807, 2.05) is 0 Å². The lowest BCUT2D eigenvalue weighted by Crippen LogP contribution is -2.60. The minimum absolute atomic E-state index is 0.0302. The predicted molar refractivity (Wildman–Crippen MR) is 165 cm³/mol. The van der Waals surface area contributed by atoms with Crippen LogP contribution in [0.25, 0.3) is 0 Å². The Hall–Kier alpha value is -4.92. The summed E-state index contributed by atoms with van der Waals surface area (Å²) in [5.74, 6) is -6.75. The molecule has 1 heterocycles. The summed E-state index contributed by atoms with van der Waals surface area (Å²) in [4.78, 5) is 80.0. The molecule has 2 aromatic carbocycles. The zero-order valence-corrected chi connectivity index (χ0v) is 26.3. The summed E-state index contributed by atoms with van der Waals surface area (Å²) in [6.07, 6.45) is -0.494. The summed E-state index contributed by atoms with van der Waals surface area (Å²) in [5.41, 5.74) is 0.571. The average Bonchev–Trinajstić information content (AvgIpc) is 3.02. The number of carbonyl (C=O) groups excluding carboxylic acids is 6. The van der Waals surface area contributed by atoms with Gasteiger partial charge in [0.25, 0.3) is 0 Å². The normalized spacial score (nSPS) is 22.3. The number of amides is 6. The Morgan fingerprint density at radius 2 is 1.57 bits per heavy atom. The van der Waals surface area contributed by atoms with Gasteiger partial charge in [-0.15, -0.1) is 0 Å². The zero-order valence-electron chi connectivity index (χ0n) is 26.3. The van der Waals surface area contributed by atoms with Crippen LogP contribution in [0.4, 0.5) is 8.78 Å². The van der Waals surface area contributed by atoms with E-state index in [9.17, 15) is 42.7 Å². The third-order valence-corrected chi connectivity index (χ3v) is 7.47. The highest BCUT2D eigenvalue weighted by Crippen LogP contribution is 2.12. The Balaban J connectivity index is 1.92. The maximum atomic E-state index is 14.4. The first-order valence-electron chi connectivity index (χ1n) is 15.1. The number of hydrogen-bond acceptors (Lipinski definition) is 7. The van der Waals surface area contributed by atoms with Crippen LogP contribution in [0.3, 0.4) is 0 Å². The summed E-state index contributed by atoms with van der Waals surface area (Å²) >= 11 is 0. The van der Waals surface area contributed by atoms with Crippen molar-refractivity contribution in [1.82, 2.24) is 31.5 Å². The lowest BCUT2D eigenvalue weighted by Gasteiger charge is -2.28. The van der Waals surface area contributed by atoms with E-state index in [1.54, 1.807) is 44.2 Å². The molecule has 1 aliphatic heterocycles. The summed E-state index contributed by atoms with van der Waals surface area (Å²) in [7, 11) is 0. The van der Waals surface area contributed by atoms with E-state index < -0.39 is 96.7 Å². The van der Waals surface area contributed by atoms with E-state index in [-0.39, 0.29) is 25.1 Å². The molecule has 3 rings (SSSR count). The fraction of sp³-hybridized carbons (Fsp3) is 0.438. The van der Waals surface area contributed by atoms with Crippen LogP contribution < -0.4 is 26.6 Å². The van der Waals surface area contributed by atoms with Crippen molar-refractivity contribution in [3.8, 4) is 0 Å². The number of aliphatic hydroxyl groups is 1. The van der Waals surface area contributed by atoms with Crippen LogP contribution >= 0.6 is 0 Å². The number of carbonyl (C=O) groups is 6. The van der Waals surface area contributed by atoms with Gasteiger partial charge in [0.1, 0.15) is 35.8 Å². The maximum absolute atomic E-state index is 14.4. The van der Waals surface area contributed by atoms with Gasteiger partial charge in [-0.2, -0.15) is 0 Å². The molecule has 2 aromatic rings. The molecule has 13 nitrogen and oxygen atoms in total. The molecule has 0 radical (unpaired) electrons.